The topological polar surface area (TPSA) is 55.1 Å². The van der Waals surface area contributed by atoms with Crippen LogP contribution >= 0.6 is 15.9 Å². The van der Waals surface area contributed by atoms with Gasteiger partial charge in [0.15, 0.2) is 0 Å². The number of carbonyl (C=O) groups is 1. The van der Waals surface area contributed by atoms with E-state index < -0.39 is 0 Å². The molecule has 88 valence electrons. The number of amides is 1. The third-order valence-electron chi connectivity index (χ3n) is 2.40. The fourth-order valence-corrected chi connectivity index (χ4v) is 1.75. The van der Waals surface area contributed by atoms with E-state index in [1.807, 2.05) is 24.3 Å². The van der Waals surface area contributed by atoms with Gasteiger partial charge in [0.2, 0.25) is 5.91 Å². The fraction of sp³-hybridized carbons (Fsp3) is 0.417. The summed E-state index contributed by atoms with van der Waals surface area (Å²) in [6.45, 7) is 2.45. The van der Waals surface area contributed by atoms with E-state index in [1.54, 1.807) is 0 Å². The molecule has 0 aromatic heterocycles. The molecule has 0 spiro atoms. The van der Waals surface area contributed by atoms with E-state index in [4.69, 9.17) is 5.73 Å². The van der Waals surface area contributed by atoms with Crippen LogP contribution in [-0.4, -0.2) is 12.5 Å². The largest absolute Gasteiger partial charge is 0.330 e. The third kappa shape index (κ3) is 3.94. The van der Waals surface area contributed by atoms with Crippen LogP contribution < -0.4 is 11.1 Å². The normalized spacial score (nSPS) is 12.2. The van der Waals surface area contributed by atoms with Crippen molar-refractivity contribution in [2.45, 2.75) is 19.8 Å². The Hall–Kier alpha value is -0.870. The van der Waals surface area contributed by atoms with Crippen molar-refractivity contribution >= 4 is 27.5 Å². The van der Waals surface area contributed by atoms with E-state index in [2.05, 4.69) is 28.2 Å². The molecule has 3 nitrogen and oxygen atoms in total. The molecule has 1 aromatic carbocycles. The smallest absolute Gasteiger partial charge is 0.228 e. The van der Waals surface area contributed by atoms with Gasteiger partial charge in [-0.3, -0.25) is 4.79 Å². The summed E-state index contributed by atoms with van der Waals surface area (Å²) in [5.41, 5.74) is 6.38. The Morgan fingerprint density at radius 2 is 2.06 bits per heavy atom. The third-order valence-corrected chi connectivity index (χ3v) is 2.93. The summed E-state index contributed by atoms with van der Waals surface area (Å²) in [5.74, 6) is -0.0830. The Balaban J connectivity index is 2.59. The predicted octanol–water partition coefficient (Wildman–Crippen LogP) is 2.76. The van der Waals surface area contributed by atoms with Gasteiger partial charge in [0, 0.05) is 16.7 Å². The van der Waals surface area contributed by atoms with Crippen LogP contribution in [0.4, 0.5) is 5.69 Å². The van der Waals surface area contributed by atoms with Crippen molar-refractivity contribution in [3.8, 4) is 0 Å². The molecule has 0 aliphatic rings. The summed E-state index contributed by atoms with van der Waals surface area (Å²) < 4.78 is 0.995. The van der Waals surface area contributed by atoms with E-state index in [1.165, 1.54) is 0 Å². The molecule has 0 aliphatic heterocycles. The van der Waals surface area contributed by atoms with E-state index in [0.717, 1.165) is 23.0 Å². The molecule has 1 atom stereocenters. The lowest BCUT2D eigenvalue weighted by Crippen LogP contribution is -2.29. The van der Waals surface area contributed by atoms with Crippen molar-refractivity contribution in [1.29, 1.82) is 0 Å². The van der Waals surface area contributed by atoms with Crippen LogP contribution in [0.3, 0.4) is 0 Å². The monoisotopic (exact) mass is 284 g/mol. The first-order chi connectivity index (χ1) is 7.67. The second-order valence-corrected chi connectivity index (χ2v) is 4.63. The minimum atomic E-state index is -0.0892. The summed E-state index contributed by atoms with van der Waals surface area (Å²) in [4.78, 5) is 11.8. The minimum absolute atomic E-state index is 0.00618. The molecule has 4 heteroatoms. The first-order valence-corrected chi connectivity index (χ1v) is 6.23. The predicted molar refractivity (Wildman–Crippen MR) is 70.2 cm³/mol. The first-order valence-electron chi connectivity index (χ1n) is 5.44. The molecule has 0 bridgehead atoms. The van der Waals surface area contributed by atoms with Crippen molar-refractivity contribution in [2.24, 2.45) is 11.7 Å². The van der Waals surface area contributed by atoms with E-state index in [9.17, 15) is 4.79 Å². The highest BCUT2D eigenvalue weighted by atomic mass is 79.9. The molecular weight excluding hydrogens is 268 g/mol. The lowest BCUT2D eigenvalue weighted by Gasteiger charge is -2.13. The van der Waals surface area contributed by atoms with E-state index in [0.29, 0.717) is 6.54 Å². The van der Waals surface area contributed by atoms with Crippen LogP contribution in [0.15, 0.2) is 28.7 Å². The molecule has 1 rings (SSSR count). The quantitative estimate of drug-likeness (QED) is 0.874. The van der Waals surface area contributed by atoms with Crippen molar-refractivity contribution < 1.29 is 4.79 Å². The maximum atomic E-state index is 11.8. The fourth-order valence-electron chi connectivity index (χ4n) is 1.48. The molecule has 0 aliphatic carbocycles. The van der Waals surface area contributed by atoms with Crippen LogP contribution in [0.5, 0.6) is 0 Å². The molecule has 1 amide bonds. The Kier molecular flexibility index (Phi) is 5.49. The molecular formula is C12H17BrN2O. The lowest BCUT2D eigenvalue weighted by atomic mass is 10.0. The maximum Gasteiger partial charge on any atom is 0.228 e. The van der Waals surface area contributed by atoms with Crippen LogP contribution in [0.2, 0.25) is 0 Å². The average Bonchev–Trinajstić information content (AvgIpc) is 2.29. The number of nitrogens with two attached hydrogens (primary N) is 1. The number of benzene rings is 1. The number of rotatable bonds is 5. The van der Waals surface area contributed by atoms with Crippen LogP contribution in [-0.2, 0) is 4.79 Å². The van der Waals surface area contributed by atoms with Crippen LogP contribution in [0, 0.1) is 5.92 Å². The van der Waals surface area contributed by atoms with Crippen LogP contribution in [0.25, 0.3) is 0 Å². The average molecular weight is 285 g/mol. The first kappa shape index (κ1) is 13.2. The van der Waals surface area contributed by atoms with Gasteiger partial charge < -0.3 is 11.1 Å². The molecule has 1 aromatic rings. The Bertz CT molecular complexity index is 337. The second-order valence-electron chi connectivity index (χ2n) is 3.72. The van der Waals surface area contributed by atoms with Gasteiger partial charge in [-0.25, -0.2) is 0 Å². The van der Waals surface area contributed by atoms with Gasteiger partial charge in [0.1, 0.15) is 0 Å². The summed E-state index contributed by atoms with van der Waals surface area (Å²) in [7, 11) is 0. The summed E-state index contributed by atoms with van der Waals surface area (Å²) >= 11 is 3.35. The molecule has 0 saturated heterocycles. The Morgan fingerprint density at radius 3 is 2.56 bits per heavy atom. The Labute approximate surface area is 105 Å². The van der Waals surface area contributed by atoms with Crippen molar-refractivity contribution in [3.05, 3.63) is 28.7 Å². The highest BCUT2D eigenvalue weighted by molar-refractivity contribution is 9.10. The summed E-state index contributed by atoms with van der Waals surface area (Å²) in [6.07, 6.45) is 1.80. The molecule has 0 fully saturated rings. The maximum absolute atomic E-state index is 11.8. The summed E-state index contributed by atoms with van der Waals surface area (Å²) in [6, 6.07) is 7.52. The highest BCUT2D eigenvalue weighted by Crippen LogP contribution is 2.15. The Morgan fingerprint density at radius 1 is 1.44 bits per heavy atom. The number of hydrogen-bond acceptors (Lipinski definition) is 2. The molecule has 1 unspecified atom stereocenters. The molecule has 3 N–H and O–H groups in total. The minimum Gasteiger partial charge on any atom is -0.330 e. The zero-order chi connectivity index (χ0) is 12.0. The van der Waals surface area contributed by atoms with Crippen molar-refractivity contribution in [2.75, 3.05) is 11.9 Å². The molecule has 0 heterocycles. The van der Waals surface area contributed by atoms with Gasteiger partial charge in [-0.2, -0.15) is 0 Å². The van der Waals surface area contributed by atoms with Gasteiger partial charge in [0.05, 0.1) is 5.92 Å². The van der Waals surface area contributed by atoms with Crippen LogP contribution in [0.1, 0.15) is 19.8 Å². The van der Waals surface area contributed by atoms with Gasteiger partial charge in [0.25, 0.3) is 0 Å². The van der Waals surface area contributed by atoms with Crippen molar-refractivity contribution in [3.63, 3.8) is 0 Å². The second kappa shape index (κ2) is 6.66. The number of hydrogen-bond donors (Lipinski definition) is 2. The zero-order valence-electron chi connectivity index (χ0n) is 9.37. The molecule has 0 saturated carbocycles. The number of nitrogens with one attached hydrogen (secondary N) is 1. The number of halogens is 1. The van der Waals surface area contributed by atoms with Gasteiger partial charge >= 0.3 is 0 Å². The number of carbonyl (C=O) groups excluding carboxylic acids is 1. The van der Waals surface area contributed by atoms with Gasteiger partial charge in [-0.1, -0.05) is 29.3 Å². The SMILES string of the molecule is CCCC(CN)C(=O)Nc1ccc(Br)cc1. The van der Waals surface area contributed by atoms with Gasteiger partial charge in [-0.05, 0) is 30.7 Å². The standard InChI is InChI=1S/C12H17BrN2O/c1-2-3-9(8-14)12(16)15-11-6-4-10(13)5-7-11/h4-7,9H,2-3,8,14H2,1H3,(H,15,16). The van der Waals surface area contributed by atoms with Crippen molar-refractivity contribution in [1.82, 2.24) is 0 Å². The number of anilines is 1. The zero-order valence-corrected chi connectivity index (χ0v) is 11.0. The van der Waals surface area contributed by atoms with E-state index >= 15 is 0 Å². The summed E-state index contributed by atoms with van der Waals surface area (Å²) in [5, 5.41) is 2.87. The molecule has 16 heavy (non-hydrogen) atoms. The lowest BCUT2D eigenvalue weighted by molar-refractivity contribution is -0.119. The molecule has 0 radical (unpaired) electrons. The van der Waals surface area contributed by atoms with E-state index in [-0.39, 0.29) is 11.8 Å². The van der Waals surface area contributed by atoms with Gasteiger partial charge in [-0.15, -0.1) is 0 Å². The highest BCUT2D eigenvalue weighted by Gasteiger charge is 2.15.